The Labute approximate surface area is 168 Å². The first-order chi connectivity index (χ1) is 13.8. The van der Waals surface area contributed by atoms with Crippen LogP contribution in [-0.2, 0) is 11.3 Å². The van der Waals surface area contributed by atoms with E-state index in [9.17, 15) is 4.79 Å². The highest BCUT2D eigenvalue weighted by Crippen LogP contribution is 2.47. The molecule has 4 atom stereocenters. The smallest absolute Gasteiger partial charge is 0.228 e. The second kappa shape index (κ2) is 7.71. The summed E-state index contributed by atoms with van der Waals surface area (Å²) in [4.78, 5) is 15.8. The Hall–Kier alpha value is -2.13. The summed E-state index contributed by atoms with van der Waals surface area (Å²) in [5, 5.41) is 3.45. The van der Waals surface area contributed by atoms with Crippen LogP contribution in [0.3, 0.4) is 0 Å². The maximum Gasteiger partial charge on any atom is 0.228 e. The molecule has 3 aliphatic rings. The summed E-state index contributed by atoms with van der Waals surface area (Å²) in [7, 11) is 0. The number of fused-ring (bicyclic) bond motifs is 1. The molecule has 2 aromatic carbocycles. The lowest BCUT2D eigenvalue weighted by Gasteiger charge is -2.25. The van der Waals surface area contributed by atoms with Crippen LogP contribution in [0.15, 0.2) is 60.7 Å². The van der Waals surface area contributed by atoms with E-state index in [1.807, 2.05) is 6.07 Å². The number of carbonyl (C=O) groups excluding carboxylic acids is 1. The van der Waals surface area contributed by atoms with Gasteiger partial charge < -0.3 is 5.32 Å². The normalized spacial score (nSPS) is 28.1. The van der Waals surface area contributed by atoms with Gasteiger partial charge in [0, 0.05) is 25.7 Å². The van der Waals surface area contributed by atoms with Gasteiger partial charge in [-0.3, -0.25) is 9.69 Å². The van der Waals surface area contributed by atoms with Crippen molar-refractivity contribution >= 4 is 5.91 Å². The average molecular weight is 375 g/mol. The zero-order valence-electron chi connectivity index (χ0n) is 16.5. The molecule has 0 bridgehead atoms. The molecule has 3 fully saturated rings. The summed E-state index contributed by atoms with van der Waals surface area (Å²) < 4.78 is 0. The Morgan fingerprint density at radius 1 is 0.929 bits per heavy atom. The Kier molecular flexibility index (Phi) is 4.94. The van der Waals surface area contributed by atoms with Gasteiger partial charge in [0.25, 0.3) is 0 Å². The van der Waals surface area contributed by atoms with Crippen molar-refractivity contribution in [2.75, 3.05) is 13.1 Å². The molecule has 1 heterocycles. The summed E-state index contributed by atoms with van der Waals surface area (Å²) in [6.45, 7) is 3.26. The van der Waals surface area contributed by atoms with Crippen molar-refractivity contribution in [3.05, 3.63) is 71.8 Å². The van der Waals surface area contributed by atoms with Crippen LogP contribution in [0.5, 0.6) is 0 Å². The minimum atomic E-state index is 0.0328. The number of likely N-dealkylation sites (tertiary alicyclic amines) is 1. The average Bonchev–Trinajstić information content (AvgIpc) is 3.13. The number of carbonyl (C=O) groups is 1. The molecule has 3 nitrogen and oxygen atoms in total. The van der Waals surface area contributed by atoms with Crippen LogP contribution in [-0.4, -0.2) is 29.9 Å². The molecule has 1 N–H and O–H groups in total. The molecule has 2 saturated carbocycles. The highest BCUT2D eigenvalue weighted by atomic mass is 16.2. The minimum Gasteiger partial charge on any atom is -0.352 e. The molecule has 1 aliphatic heterocycles. The predicted octanol–water partition coefficient (Wildman–Crippen LogP) is 4.21. The number of nitrogens with one attached hydrogen (secondary N) is 1. The third-order valence-corrected chi connectivity index (χ3v) is 7.14. The van der Waals surface area contributed by atoms with Gasteiger partial charge in [-0.05, 0) is 41.7 Å². The predicted molar refractivity (Wildman–Crippen MR) is 112 cm³/mol. The standard InChI is InChI=1S/C25H30N2O/c28-25(23(20-13-7-8-14-20)19-11-5-2-6-12-19)26-24-21-16-27(17-22(21)24)15-18-9-3-1-4-10-18/h1-6,9-12,20-24H,7-8,13-17H2,(H,26,28)/t21-,22+,23?,24?. The molecule has 2 aliphatic carbocycles. The quantitative estimate of drug-likeness (QED) is 0.822. The van der Waals surface area contributed by atoms with E-state index in [0.717, 1.165) is 19.6 Å². The van der Waals surface area contributed by atoms with E-state index in [0.29, 0.717) is 23.8 Å². The van der Waals surface area contributed by atoms with Crippen LogP contribution in [0.25, 0.3) is 0 Å². The van der Waals surface area contributed by atoms with E-state index >= 15 is 0 Å². The number of amides is 1. The Morgan fingerprint density at radius 3 is 2.18 bits per heavy atom. The van der Waals surface area contributed by atoms with E-state index in [1.54, 1.807) is 0 Å². The summed E-state index contributed by atoms with van der Waals surface area (Å²) in [5.74, 6) is 2.11. The Balaban J connectivity index is 1.19. The molecule has 146 valence electrons. The third kappa shape index (κ3) is 3.60. The van der Waals surface area contributed by atoms with Gasteiger partial charge in [-0.15, -0.1) is 0 Å². The van der Waals surface area contributed by atoms with Gasteiger partial charge in [0.2, 0.25) is 5.91 Å². The van der Waals surface area contributed by atoms with E-state index in [2.05, 4.69) is 64.8 Å². The first kappa shape index (κ1) is 17.9. The van der Waals surface area contributed by atoms with Crippen molar-refractivity contribution in [3.63, 3.8) is 0 Å². The molecule has 5 rings (SSSR count). The number of rotatable bonds is 6. The molecule has 1 saturated heterocycles. The highest BCUT2D eigenvalue weighted by Gasteiger charge is 2.56. The second-order valence-electron chi connectivity index (χ2n) is 8.97. The maximum absolute atomic E-state index is 13.3. The van der Waals surface area contributed by atoms with E-state index < -0.39 is 0 Å². The molecule has 28 heavy (non-hydrogen) atoms. The highest BCUT2D eigenvalue weighted by molar-refractivity contribution is 5.84. The molecule has 2 unspecified atom stereocenters. The van der Waals surface area contributed by atoms with Crippen molar-refractivity contribution in [1.29, 1.82) is 0 Å². The fourth-order valence-corrected chi connectivity index (χ4v) is 5.64. The van der Waals surface area contributed by atoms with Crippen LogP contribution >= 0.6 is 0 Å². The summed E-state index contributed by atoms with van der Waals surface area (Å²) in [5.41, 5.74) is 2.58. The zero-order chi connectivity index (χ0) is 18.9. The number of piperidine rings is 1. The number of nitrogens with zero attached hydrogens (tertiary/aromatic N) is 1. The molecule has 1 amide bonds. The maximum atomic E-state index is 13.3. The van der Waals surface area contributed by atoms with Crippen LogP contribution in [0.4, 0.5) is 0 Å². The third-order valence-electron chi connectivity index (χ3n) is 7.14. The Bertz CT molecular complexity index is 788. The molecular formula is C25H30N2O. The van der Waals surface area contributed by atoms with Crippen LogP contribution < -0.4 is 5.32 Å². The topological polar surface area (TPSA) is 32.3 Å². The van der Waals surface area contributed by atoms with Gasteiger partial charge in [0.1, 0.15) is 0 Å². The lowest BCUT2D eigenvalue weighted by atomic mass is 9.84. The summed E-state index contributed by atoms with van der Waals surface area (Å²) in [6.07, 6.45) is 4.92. The van der Waals surface area contributed by atoms with Crippen LogP contribution in [0, 0.1) is 17.8 Å². The van der Waals surface area contributed by atoms with E-state index in [4.69, 9.17) is 0 Å². The first-order valence-corrected chi connectivity index (χ1v) is 10.9. The van der Waals surface area contributed by atoms with Gasteiger partial charge in [-0.2, -0.15) is 0 Å². The monoisotopic (exact) mass is 374 g/mol. The van der Waals surface area contributed by atoms with Crippen LogP contribution in [0.2, 0.25) is 0 Å². The van der Waals surface area contributed by atoms with Crippen molar-refractivity contribution in [2.45, 2.75) is 44.2 Å². The lowest BCUT2D eigenvalue weighted by molar-refractivity contribution is -0.124. The summed E-state index contributed by atoms with van der Waals surface area (Å²) in [6, 6.07) is 21.6. The summed E-state index contributed by atoms with van der Waals surface area (Å²) >= 11 is 0. The van der Waals surface area contributed by atoms with Crippen molar-refractivity contribution in [3.8, 4) is 0 Å². The molecule has 0 spiro atoms. The largest absolute Gasteiger partial charge is 0.352 e. The molecule has 0 radical (unpaired) electrons. The van der Waals surface area contributed by atoms with Gasteiger partial charge in [-0.25, -0.2) is 0 Å². The van der Waals surface area contributed by atoms with Crippen molar-refractivity contribution in [1.82, 2.24) is 10.2 Å². The second-order valence-corrected chi connectivity index (χ2v) is 8.97. The van der Waals surface area contributed by atoms with E-state index in [-0.39, 0.29) is 11.8 Å². The Morgan fingerprint density at radius 2 is 1.54 bits per heavy atom. The fourth-order valence-electron chi connectivity index (χ4n) is 5.64. The number of hydrogen-bond acceptors (Lipinski definition) is 2. The zero-order valence-corrected chi connectivity index (χ0v) is 16.5. The minimum absolute atomic E-state index is 0.0328. The van der Waals surface area contributed by atoms with Gasteiger partial charge in [-0.1, -0.05) is 73.5 Å². The SMILES string of the molecule is O=C(NC1[C@H]2CN(Cc3ccccc3)C[C@@H]12)C(c1ccccc1)C1CCCC1. The van der Waals surface area contributed by atoms with E-state index in [1.165, 1.54) is 36.8 Å². The molecule has 3 heteroatoms. The molecule has 0 aromatic heterocycles. The number of benzene rings is 2. The lowest BCUT2D eigenvalue weighted by Crippen LogP contribution is -2.38. The van der Waals surface area contributed by atoms with Crippen LogP contribution in [0.1, 0.15) is 42.7 Å². The van der Waals surface area contributed by atoms with Gasteiger partial charge >= 0.3 is 0 Å². The van der Waals surface area contributed by atoms with Crippen molar-refractivity contribution in [2.24, 2.45) is 17.8 Å². The molecule has 2 aromatic rings. The molecular weight excluding hydrogens is 344 g/mol. The first-order valence-electron chi connectivity index (χ1n) is 10.9. The van der Waals surface area contributed by atoms with Gasteiger partial charge in [0.05, 0.1) is 5.92 Å². The number of hydrogen-bond donors (Lipinski definition) is 1. The van der Waals surface area contributed by atoms with Gasteiger partial charge in [0.15, 0.2) is 0 Å². The van der Waals surface area contributed by atoms with Crippen molar-refractivity contribution < 1.29 is 4.79 Å². The fraction of sp³-hybridized carbons (Fsp3) is 0.480.